The normalized spacial score (nSPS) is 16.3. The second-order valence-electron chi connectivity index (χ2n) is 6.09. The lowest BCUT2D eigenvalue weighted by molar-refractivity contribution is -0.0550. The van der Waals surface area contributed by atoms with Gasteiger partial charge in [0.25, 0.3) is 5.92 Å². The van der Waals surface area contributed by atoms with Gasteiger partial charge in [-0.3, -0.25) is 0 Å². The minimum atomic E-state index is -2.82. The Hall–Kier alpha value is -0.00312. The van der Waals surface area contributed by atoms with E-state index in [0.29, 0.717) is 0 Å². The minimum absolute atomic E-state index is 0.0442. The molecule has 16 heavy (non-hydrogen) atoms. The molecule has 0 aliphatic carbocycles. The van der Waals surface area contributed by atoms with Crippen molar-refractivity contribution in [3.63, 3.8) is 0 Å². The van der Waals surface area contributed by atoms with Crippen LogP contribution in [0, 0.1) is 0 Å². The number of rotatable bonds is 5. The van der Waals surface area contributed by atoms with Crippen molar-refractivity contribution in [2.75, 3.05) is 6.61 Å². The first-order valence-electron chi connectivity index (χ1n) is 5.65. The SMILES string of the molecule is C[C@H](N)CC(F)(F)CO[Si](C)(C)C(C)(C)C. The van der Waals surface area contributed by atoms with Gasteiger partial charge >= 0.3 is 0 Å². The van der Waals surface area contributed by atoms with Crippen LogP contribution in [0.4, 0.5) is 8.78 Å². The maximum atomic E-state index is 13.4. The van der Waals surface area contributed by atoms with Gasteiger partial charge in [0.1, 0.15) is 0 Å². The number of nitrogens with two attached hydrogens (primary N) is 1. The van der Waals surface area contributed by atoms with E-state index in [1.807, 2.05) is 33.9 Å². The maximum absolute atomic E-state index is 13.4. The molecule has 0 fully saturated rings. The zero-order valence-electron chi connectivity index (χ0n) is 11.2. The van der Waals surface area contributed by atoms with Gasteiger partial charge < -0.3 is 10.2 Å². The third kappa shape index (κ3) is 5.36. The molecule has 0 aromatic heterocycles. The van der Waals surface area contributed by atoms with Gasteiger partial charge in [-0.2, -0.15) is 0 Å². The zero-order chi connectivity index (χ0) is 13.2. The van der Waals surface area contributed by atoms with E-state index in [1.54, 1.807) is 6.92 Å². The summed E-state index contributed by atoms with van der Waals surface area (Å²) in [4.78, 5) is 0. The summed E-state index contributed by atoms with van der Waals surface area (Å²) in [5, 5.41) is -0.0442. The van der Waals surface area contributed by atoms with Crippen LogP contribution in [0.15, 0.2) is 0 Å². The van der Waals surface area contributed by atoms with E-state index in [1.165, 1.54) is 0 Å². The van der Waals surface area contributed by atoms with Crippen LogP contribution in [-0.4, -0.2) is 26.9 Å². The molecule has 2 nitrogen and oxygen atoms in total. The Morgan fingerprint density at radius 1 is 1.25 bits per heavy atom. The molecule has 0 aliphatic heterocycles. The molecule has 0 aromatic carbocycles. The molecule has 98 valence electrons. The van der Waals surface area contributed by atoms with Gasteiger partial charge in [0.15, 0.2) is 8.32 Å². The average molecular weight is 253 g/mol. The summed E-state index contributed by atoms with van der Waals surface area (Å²) in [6.45, 7) is 11.1. The Bertz CT molecular complexity index is 225. The molecular weight excluding hydrogens is 228 g/mol. The van der Waals surface area contributed by atoms with Gasteiger partial charge in [-0.25, -0.2) is 8.78 Å². The maximum Gasteiger partial charge on any atom is 0.271 e. The predicted octanol–water partition coefficient (Wildman–Crippen LogP) is 3.38. The fraction of sp³-hybridized carbons (Fsp3) is 1.00. The second kappa shape index (κ2) is 5.10. The fourth-order valence-corrected chi connectivity index (χ4v) is 2.04. The van der Waals surface area contributed by atoms with Crippen LogP contribution in [0.1, 0.15) is 34.1 Å². The largest absolute Gasteiger partial charge is 0.411 e. The van der Waals surface area contributed by atoms with Gasteiger partial charge in [-0.15, -0.1) is 0 Å². The quantitative estimate of drug-likeness (QED) is 0.762. The summed E-state index contributed by atoms with van der Waals surface area (Å²) in [5.41, 5.74) is 5.38. The Kier molecular flexibility index (Phi) is 5.10. The van der Waals surface area contributed by atoms with Crippen molar-refractivity contribution in [1.82, 2.24) is 0 Å². The van der Waals surface area contributed by atoms with Crippen molar-refractivity contribution in [2.24, 2.45) is 5.73 Å². The second-order valence-corrected chi connectivity index (χ2v) is 10.9. The standard InChI is InChI=1S/C11H25F2NOSi/c1-9(14)7-11(12,13)8-15-16(5,6)10(2,3)4/h9H,7-8,14H2,1-6H3/t9-/m0/s1. The van der Waals surface area contributed by atoms with Crippen molar-refractivity contribution >= 4 is 8.32 Å². The molecule has 0 radical (unpaired) electrons. The molecule has 0 aliphatic rings. The Balaban J connectivity index is 4.34. The van der Waals surface area contributed by atoms with Crippen molar-refractivity contribution in [3.8, 4) is 0 Å². The van der Waals surface area contributed by atoms with E-state index >= 15 is 0 Å². The number of alkyl halides is 2. The average Bonchev–Trinajstić information content (AvgIpc) is 1.96. The summed E-state index contributed by atoms with van der Waals surface area (Å²) in [7, 11) is -2.09. The van der Waals surface area contributed by atoms with Crippen LogP contribution in [0.3, 0.4) is 0 Å². The third-order valence-corrected chi connectivity index (χ3v) is 7.55. The van der Waals surface area contributed by atoms with E-state index in [0.717, 1.165) is 0 Å². The molecule has 0 bridgehead atoms. The first-order chi connectivity index (χ1) is 6.87. The monoisotopic (exact) mass is 253 g/mol. The van der Waals surface area contributed by atoms with Gasteiger partial charge in [-0.1, -0.05) is 20.8 Å². The highest BCUT2D eigenvalue weighted by Crippen LogP contribution is 2.37. The lowest BCUT2D eigenvalue weighted by atomic mass is 10.1. The Morgan fingerprint density at radius 2 is 1.69 bits per heavy atom. The Morgan fingerprint density at radius 3 is 2.00 bits per heavy atom. The molecule has 0 aromatic rings. The molecule has 0 saturated heterocycles. The first kappa shape index (κ1) is 16.0. The summed E-state index contributed by atoms with van der Waals surface area (Å²) in [5.74, 6) is -2.82. The highest BCUT2D eigenvalue weighted by molar-refractivity contribution is 6.74. The molecule has 5 heteroatoms. The molecule has 1 atom stereocenters. The predicted molar refractivity (Wildman–Crippen MR) is 66.4 cm³/mol. The smallest absolute Gasteiger partial charge is 0.271 e. The van der Waals surface area contributed by atoms with Crippen molar-refractivity contribution in [3.05, 3.63) is 0 Å². The fourth-order valence-electron chi connectivity index (χ4n) is 1.03. The van der Waals surface area contributed by atoms with E-state index in [9.17, 15) is 8.78 Å². The number of hydrogen-bond donors (Lipinski definition) is 1. The first-order valence-corrected chi connectivity index (χ1v) is 8.56. The number of hydrogen-bond acceptors (Lipinski definition) is 2. The minimum Gasteiger partial charge on any atom is -0.411 e. The highest BCUT2D eigenvalue weighted by atomic mass is 28.4. The Labute approximate surface area is 98.7 Å². The van der Waals surface area contributed by atoms with Crippen LogP contribution < -0.4 is 5.73 Å². The molecule has 0 heterocycles. The zero-order valence-corrected chi connectivity index (χ0v) is 12.2. The van der Waals surface area contributed by atoms with Crippen LogP contribution in [-0.2, 0) is 4.43 Å². The van der Waals surface area contributed by atoms with Crippen LogP contribution in [0.25, 0.3) is 0 Å². The summed E-state index contributed by atoms with van der Waals surface area (Å²) >= 11 is 0. The van der Waals surface area contributed by atoms with Gasteiger partial charge in [0, 0.05) is 12.5 Å². The van der Waals surface area contributed by atoms with Crippen LogP contribution in [0.2, 0.25) is 18.1 Å². The van der Waals surface area contributed by atoms with E-state index in [2.05, 4.69) is 0 Å². The van der Waals surface area contributed by atoms with Crippen LogP contribution >= 0.6 is 0 Å². The highest BCUT2D eigenvalue weighted by Gasteiger charge is 2.40. The summed E-state index contributed by atoms with van der Waals surface area (Å²) < 4.78 is 32.3. The number of halogens is 2. The molecular formula is C11H25F2NOSi. The van der Waals surface area contributed by atoms with E-state index in [-0.39, 0.29) is 11.5 Å². The van der Waals surface area contributed by atoms with Gasteiger partial charge in [-0.05, 0) is 25.1 Å². The van der Waals surface area contributed by atoms with Crippen molar-refractivity contribution < 1.29 is 13.2 Å². The third-order valence-electron chi connectivity index (χ3n) is 3.07. The van der Waals surface area contributed by atoms with E-state index in [4.69, 9.17) is 10.2 Å². The van der Waals surface area contributed by atoms with Gasteiger partial charge in [0.05, 0.1) is 6.61 Å². The molecule has 0 saturated carbocycles. The molecule has 0 unspecified atom stereocenters. The summed E-state index contributed by atoms with van der Waals surface area (Å²) in [6, 6.07) is -0.502. The lowest BCUT2D eigenvalue weighted by Gasteiger charge is -2.37. The molecule has 0 spiro atoms. The molecule has 0 amide bonds. The topological polar surface area (TPSA) is 35.2 Å². The van der Waals surface area contributed by atoms with Gasteiger partial charge in [0.2, 0.25) is 0 Å². The molecule has 0 rings (SSSR count). The lowest BCUT2D eigenvalue weighted by Crippen LogP contribution is -2.44. The molecule has 2 N–H and O–H groups in total. The van der Waals surface area contributed by atoms with Crippen LogP contribution in [0.5, 0.6) is 0 Å². The summed E-state index contributed by atoms with van der Waals surface area (Å²) in [6.07, 6.45) is -0.318. The van der Waals surface area contributed by atoms with Crippen molar-refractivity contribution in [2.45, 2.75) is 64.2 Å². The van der Waals surface area contributed by atoms with Crippen molar-refractivity contribution in [1.29, 1.82) is 0 Å². The van der Waals surface area contributed by atoms with E-state index < -0.39 is 26.9 Å².